The molecule has 8 heteroatoms. The van der Waals surface area contributed by atoms with Crippen molar-refractivity contribution in [2.24, 2.45) is 0 Å². The van der Waals surface area contributed by atoms with E-state index in [4.69, 9.17) is 14.2 Å². The first kappa shape index (κ1) is 24.8. The number of ether oxygens (including phenoxy) is 3. The summed E-state index contributed by atoms with van der Waals surface area (Å²) in [5, 5.41) is 11.3. The molecule has 1 aliphatic heterocycles. The number of para-hydroxylation sites is 1. The molecule has 36 heavy (non-hydrogen) atoms. The zero-order valence-electron chi connectivity index (χ0n) is 20.4. The molecule has 8 nitrogen and oxygen atoms in total. The van der Waals surface area contributed by atoms with Crippen LogP contribution in [0.2, 0.25) is 0 Å². The number of ketones is 1. The SMILES string of the molecule is CCCOc1ccc(/C(O)=C2\C(=O)C(=O)N(Cc3cccnc3)C2c2cccc(OC)c2OC)cc1. The van der Waals surface area contributed by atoms with E-state index >= 15 is 0 Å². The standard InChI is InChI=1S/C28H28N2O6/c1-4-15-36-20-12-10-19(11-13-20)25(31)23-24(21-8-5-9-22(34-2)27(21)35-3)30(28(33)26(23)32)17-18-7-6-14-29-16-18/h5-14,16,24,31H,4,15,17H2,1-3H3/b25-23+. The molecule has 1 aliphatic rings. The van der Waals surface area contributed by atoms with Crippen molar-refractivity contribution >= 4 is 17.4 Å². The number of pyridine rings is 1. The lowest BCUT2D eigenvalue weighted by Crippen LogP contribution is -2.29. The third kappa shape index (κ3) is 4.75. The van der Waals surface area contributed by atoms with Crippen molar-refractivity contribution in [1.29, 1.82) is 0 Å². The van der Waals surface area contributed by atoms with Gasteiger partial charge in [0.15, 0.2) is 11.5 Å². The average molecular weight is 489 g/mol. The Balaban J connectivity index is 1.86. The maximum absolute atomic E-state index is 13.3. The number of hydrogen-bond acceptors (Lipinski definition) is 7. The Bertz CT molecular complexity index is 1270. The van der Waals surface area contributed by atoms with Crippen LogP contribution in [0.4, 0.5) is 0 Å². The van der Waals surface area contributed by atoms with Gasteiger partial charge in [0, 0.05) is 30.1 Å². The van der Waals surface area contributed by atoms with Gasteiger partial charge in [-0.25, -0.2) is 0 Å². The van der Waals surface area contributed by atoms with Crippen molar-refractivity contribution in [2.75, 3.05) is 20.8 Å². The molecule has 1 amide bonds. The number of benzene rings is 2. The van der Waals surface area contributed by atoms with Gasteiger partial charge in [0.2, 0.25) is 0 Å². The van der Waals surface area contributed by atoms with Gasteiger partial charge in [0.05, 0.1) is 32.4 Å². The topological polar surface area (TPSA) is 98.2 Å². The van der Waals surface area contributed by atoms with Gasteiger partial charge in [-0.2, -0.15) is 0 Å². The molecule has 1 N–H and O–H groups in total. The number of rotatable bonds is 9. The Morgan fingerprint density at radius 3 is 2.44 bits per heavy atom. The highest BCUT2D eigenvalue weighted by atomic mass is 16.5. The molecule has 0 spiro atoms. The fourth-order valence-electron chi connectivity index (χ4n) is 4.27. The maximum Gasteiger partial charge on any atom is 0.295 e. The number of methoxy groups -OCH3 is 2. The molecule has 0 saturated carbocycles. The first-order valence-electron chi connectivity index (χ1n) is 11.6. The largest absolute Gasteiger partial charge is 0.507 e. The fraction of sp³-hybridized carbons (Fsp3) is 0.250. The highest BCUT2D eigenvalue weighted by Gasteiger charge is 2.47. The summed E-state index contributed by atoms with van der Waals surface area (Å²) < 4.78 is 16.7. The second-order valence-electron chi connectivity index (χ2n) is 8.24. The summed E-state index contributed by atoms with van der Waals surface area (Å²) >= 11 is 0. The number of aliphatic hydroxyl groups excluding tert-OH is 1. The minimum absolute atomic E-state index is 0.0299. The number of aliphatic hydroxyl groups is 1. The maximum atomic E-state index is 13.3. The van der Waals surface area contributed by atoms with Gasteiger partial charge in [0.1, 0.15) is 11.5 Å². The fourth-order valence-corrected chi connectivity index (χ4v) is 4.27. The van der Waals surface area contributed by atoms with E-state index in [-0.39, 0.29) is 17.9 Å². The summed E-state index contributed by atoms with van der Waals surface area (Å²) in [6, 6.07) is 14.7. The number of carbonyl (C=O) groups excluding carboxylic acids is 2. The number of amides is 1. The number of Topliss-reactive ketones (excluding diaryl/α,β-unsaturated/α-hetero) is 1. The summed E-state index contributed by atoms with van der Waals surface area (Å²) in [5.41, 5.74) is 1.62. The molecule has 0 bridgehead atoms. The smallest absolute Gasteiger partial charge is 0.295 e. The summed E-state index contributed by atoms with van der Waals surface area (Å²) in [7, 11) is 3.00. The van der Waals surface area contributed by atoms with Crippen LogP contribution in [0.1, 0.15) is 36.1 Å². The second kappa shape index (κ2) is 10.9. The van der Waals surface area contributed by atoms with Crippen LogP contribution < -0.4 is 14.2 Å². The van der Waals surface area contributed by atoms with E-state index in [2.05, 4.69) is 4.98 Å². The van der Waals surface area contributed by atoms with Gasteiger partial charge in [-0.05, 0) is 48.4 Å². The average Bonchev–Trinajstić information content (AvgIpc) is 3.16. The van der Waals surface area contributed by atoms with Crippen LogP contribution in [0, 0.1) is 0 Å². The molecule has 1 saturated heterocycles. The van der Waals surface area contributed by atoms with E-state index in [1.165, 1.54) is 19.1 Å². The third-order valence-corrected chi connectivity index (χ3v) is 5.94. The van der Waals surface area contributed by atoms with Crippen LogP contribution in [0.25, 0.3) is 5.76 Å². The number of hydrogen-bond donors (Lipinski definition) is 1. The first-order valence-corrected chi connectivity index (χ1v) is 11.6. The zero-order valence-corrected chi connectivity index (χ0v) is 20.4. The molecule has 1 aromatic heterocycles. The Kier molecular flexibility index (Phi) is 7.53. The number of nitrogens with zero attached hydrogens (tertiary/aromatic N) is 2. The van der Waals surface area contributed by atoms with Crippen LogP contribution in [0.15, 0.2) is 72.6 Å². The first-order chi connectivity index (χ1) is 17.5. The second-order valence-corrected chi connectivity index (χ2v) is 8.24. The number of carbonyl (C=O) groups is 2. The molecule has 186 valence electrons. The molecular weight excluding hydrogens is 460 g/mol. The quantitative estimate of drug-likeness (QED) is 0.269. The van der Waals surface area contributed by atoms with Gasteiger partial charge < -0.3 is 24.2 Å². The van der Waals surface area contributed by atoms with Crippen LogP contribution in [0.5, 0.6) is 17.2 Å². The molecule has 2 aromatic carbocycles. The minimum atomic E-state index is -0.911. The summed E-state index contributed by atoms with van der Waals surface area (Å²) in [4.78, 5) is 32.2. The number of likely N-dealkylation sites (tertiary alicyclic amines) is 1. The van der Waals surface area contributed by atoms with E-state index in [9.17, 15) is 14.7 Å². The van der Waals surface area contributed by atoms with Gasteiger partial charge in [-0.1, -0.05) is 25.1 Å². The van der Waals surface area contributed by atoms with Crippen LogP contribution in [-0.4, -0.2) is 47.5 Å². The lowest BCUT2D eigenvalue weighted by molar-refractivity contribution is -0.140. The Hall–Kier alpha value is -4.33. The zero-order chi connectivity index (χ0) is 25.7. The predicted molar refractivity (Wildman–Crippen MR) is 134 cm³/mol. The molecule has 1 atom stereocenters. The van der Waals surface area contributed by atoms with Crippen molar-refractivity contribution in [1.82, 2.24) is 9.88 Å². The van der Waals surface area contributed by atoms with E-state index in [1.807, 2.05) is 13.0 Å². The molecule has 1 unspecified atom stereocenters. The summed E-state index contributed by atoms with van der Waals surface area (Å²) in [6.07, 6.45) is 4.13. The minimum Gasteiger partial charge on any atom is -0.507 e. The van der Waals surface area contributed by atoms with Crippen molar-refractivity contribution in [2.45, 2.75) is 25.9 Å². The molecule has 0 aliphatic carbocycles. The van der Waals surface area contributed by atoms with E-state index < -0.39 is 17.7 Å². The summed E-state index contributed by atoms with van der Waals surface area (Å²) in [6.45, 7) is 2.70. The van der Waals surface area contributed by atoms with Gasteiger partial charge >= 0.3 is 0 Å². The molecule has 2 heterocycles. The van der Waals surface area contributed by atoms with Gasteiger partial charge in [-0.15, -0.1) is 0 Å². The molecule has 3 aromatic rings. The molecule has 0 radical (unpaired) electrons. The Labute approximate surface area is 209 Å². The van der Waals surface area contributed by atoms with E-state index in [0.717, 1.165) is 12.0 Å². The molecular formula is C28H28N2O6. The molecule has 4 rings (SSSR count). The van der Waals surface area contributed by atoms with E-state index in [0.29, 0.717) is 35.0 Å². The van der Waals surface area contributed by atoms with Crippen LogP contribution >= 0.6 is 0 Å². The molecule has 1 fully saturated rings. The van der Waals surface area contributed by atoms with Crippen molar-refractivity contribution in [3.05, 3.63) is 89.3 Å². The number of aromatic nitrogens is 1. The lowest BCUT2D eigenvalue weighted by atomic mass is 9.94. The normalized spacial score (nSPS) is 16.8. The van der Waals surface area contributed by atoms with E-state index in [1.54, 1.807) is 60.9 Å². The highest BCUT2D eigenvalue weighted by Crippen LogP contribution is 2.46. The van der Waals surface area contributed by atoms with Crippen LogP contribution in [0.3, 0.4) is 0 Å². The predicted octanol–water partition coefficient (Wildman–Crippen LogP) is 4.51. The van der Waals surface area contributed by atoms with Crippen molar-refractivity contribution in [3.63, 3.8) is 0 Å². The lowest BCUT2D eigenvalue weighted by Gasteiger charge is -2.27. The van der Waals surface area contributed by atoms with Crippen LogP contribution in [-0.2, 0) is 16.1 Å². The Morgan fingerprint density at radius 2 is 1.81 bits per heavy atom. The van der Waals surface area contributed by atoms with Crippen molar-refractivity contribution in [3.8, 4) is 17.2 Å². The Morgan fingerprint density at radius 1 is 1.03 bits per heavy atom. The highest BCUT2D eigenvalue weighted by molar-refractivity contribution is 6.46. The van der Waals surface area contributed by atoms with Gasteiger partial charge in [-0.3, -0.25) is 14.6 Å². The van der Waals surface area contributed by atoms with Gasteiger partial charge in [0.25, 0.3) is 11.7 Å². The summed E-state index contributed by atoms with van der Waals surface area (Å²) in [5.74, 6) is -0.317. The third-order valence-electron chi connectivity index (χ3n) is 5.94. The van der Waals surface area contributed by atoms with Crippen molar-refractivity contribution < 1.29 is 28.9 Å². The monoisotopic (exact) mass is 488 g/mol.